The maximum atomic E-state index is 11.8. The van der Waals surface area contributed by atoms with E-state index in [0.717, 1.165) is 19.5 Å². The third kappa shape index (κ3) is 1.63. The van der Waals surface area contributed by atoms with E-state index in [-0.39, 0.29) is 5.91 Å². The fraction of sp³-hybridized carbons (Fsp3) is 0.556. The van der Waals surface area contributed by atoms with E-state index >= 15 is 0 Å². The van der Waals surface area contributed by atoms with E-state index < -0.39 is 0 Å². The molecule has 0 aromatic carbocycles. The molecule has 2 rings (SSSR count). The number of H-pyrrole nitrogens is 1. The minimum absolute atomic E-state index is 0.0104. The minimum Gasteiger partial charge on any atom is -0.341 e. The van der Waals surface area contributed by atoms with Gasteiger partial charge in [-0.3, -0.25) is 4.79 Å². The summed E-state index contributed by atoms with van der Waals surface area (Å²) in [6.07, 6.45) is 4.10. The molecule has 1 aromatic heterocycles. The Kier molecular flexibility index (Phi) is 2.49. The van der Waals surface area contributed by atoms with Crippen molar-refractivity contribution in [1.29, 1.82) is 0 Å². The van der Waals surface area contributed by atoms with Crippen LogP contribution in [0.3, 0.4) is 0 Å². The summed E-state index contributed by atoms with van der Waals surface area (Å²) in [6, 6.07) is 0.311. The van der Waals surface area contributed by atoms with Crippen molar-refractivity contribution in [3.8, 4) is 0 Å². The molecule has 1 atom stereocenters. The van der Waals surface area contributed by atoms with Crippen LogP contribution in [0.15, 0.2) is 12.5 Å². The van der Waals surface area contributed by atoms with Gasteiger partial charge in [0.1, 0.15) is 5.69 Å². The van der Waals surface area contributed by atoms with Gasteiger partial charge in [-0.05, 0) is 13.0 Å². The van der Waals surface area contributed by atoms with E-state index in [2.05, 4.69) is 15.3 Å². The van der Waals surface area contributed by atoms with Crippen LogP contribution in [-0.2, 0) is 0 Å². The number of likely N-dealkylation sites (N-methyl/N-ethyl adjacent to an activating group) is 1. The average Bonchev–Trinajstić information content (AvgIpc) is 2.87. The van der Waals surface area contributed by atoms with Crippen LogP contribution in [0, 0.1) is 0 Å². The first-order chi connectivity index (χ1) is 6.79. The van der Waals surface area contributed by atoms with Crippen LogP contribution in [0.5, 0.6) is 0 Å². The number of rotatable bonds is 2. The molecule has 5 nitrogen and oxygen atoms in total. The zero-order valence-electron chi connectivity index (χ0n) is 8.16. The maximum absolute atomic E-state index is 11.8. The van der Waals surface area contributed by atoms with Crippen molar-refractivity contribution in [1.82, 2.24) is 20.2 Å². The number of aromatic nitrogens is 2. The molecular formula is C9H14N4O. The highest BCUT2D eigenvalue weighted by molar-refractivity contribution is 5.92. The number of hydrogen-bond acceptors (Lipinski definition) is 3. The standard InChI is InChI=1S/C9H14N4O/c1-13(7-2-3-10-4-7)9(14)8-5-11-6-12-8/h5-7,10H,2-4H2,1H3,(H,11,12). The second kappa shape index (κ2) is 3.79. The van der Waals surface area contributed by atoms with Crippen molar-refractivity contribution in [2.24, 2.45) is 0 Å². The van der Waals surface area contributed by atoms with Crippen LogP contribution in [0.2, 0.25) is 0 Å². The zero-order valence-corrected chi connectivity index (χ0v) is 8.16. The van der Waals surface area contributed by atoms with Gasteiger partial charge in [-0.2, -0.15) is 0 Å². The Bertz CT molecular complexity index is 303. The molecule has 76 valence electrons. The molecule has 2 heterocycles. The van der Waals surface area contributed by atoms with Crippen LogP contribution < -0.4 is 5.32 Å². The number of carbonyl (C=O) groups excluding carboxylic acids is 1. The van der Waals surface area contributed by atoms with Crippen LogP contribution >= 0.6 is 0 Å². The smallest absolute Gasteiger partial charge is 0.271 e. The predicted octanol–water partition coefficient (Wildman–Crippen LogP) is -0.156. The van der Waals surface area contributed by atoms with Gasteiger partial charge in [-0.25, -0.2) is 4.98 Å². The fourth-order valence-electron chi connectivity index (χ4n) is 1.70. The summed E-state index contributed by atoms with van der Waals surface area (Å²) in [5.74, 6) is 0.0104. The predicted molar refractivity (Wildman–Crippen MR) is 52.0 cm³/mol. The van der Waals surface area contributed by atoms with Crippen molar-refractivity contribution >= 4 is 5.91 Å². The Morgan fingerprint density at radius 1 is 1.71 bits per heavy atom. The molecule has 1 aromatic rings. The summed E-state index contributed by atoms with van der Waals surface area (Å²) < 4.78 is 0. The third-order valence-electron chi connectivity index (χ3n) is 2.63. The van der Waals surface area contributed by atoms with Crippen LogP contribution in [0.1, 0.15) is 16.9 Å². The van der Waals surface area contributed by atoms with Gasteiger partial charge in [0.05, 0.1) is 12.5 Å². The Morgan fingerprint density at radius 2 is 2.57 bits per heavy atom. The molecule has 1 aliphatic rings. The number of amides is 1. The second-order valence-corrected chi connectivity index (χ2v) is 3.53. The second-order valence-electron chi connectivity index (χ2n) is 3.53. The lowest BCUT2D eigenvalue weighted by Crippen LogP contribution is -2.38. The van der Waals surface area contributed by atoms with Gasteiger partial charge in [0.2, 0.25) is 0 Å². The first kappa shape index (κ1) is 9.21. The number of nitrogens with one attached hydrogen (secondary N) is 2. The zero-order chi connectivity index (χ0) is 9.97. The first-order valence-corrected chi connectivity index (χ1v) is 4.75. The van der Waals surface area contributed by atoms with Crippen LogP contribution in [0.4, 0.5) is 0 Å². The largest absolute Gasteiger partial charge is 0.341 e. The summed E-state index contributed by atoms with van der Waals surface area (Å²) in [6.45, 7) is 1.88. The van der Waals surface area contributed by atoms with Gasteiger partial charge in [-0.1, -0.05) is 0 Å². The molecule has 1 unspecified atom stereocenters. The van der Waals surface area contributed by atoms with Gasteiger partial charge in [0, 0.05) is 19.6 Å². The van der Waals surface area contributed by atoms with E-state index in [1.165, 1.54) is 6.33 Å². The molecule has 0 aliphatic carbocycles. The topological polar surface area (TPSA) is 61.0 Å². The lowest BCUT2D eigenvalue weighted by Gasteiger charge is -2.22. The summed E-state index contributed by atoms with van der Waals surface area (Å²) in [4.78, 5) is 20.2. The van der Waals surface area contributed by atoms with E-state index in [9.17, 15) is 4.79 Å². The monoisotopic (exact) mass is 194 g/mol. The quantitative estimate of drug-likeness (QED) is 0.688. The number of aromatic amines is 1. The Balaban J connectivity index is 2.04. The van der Waals surface area contributed by atoms with Gasteiger partial charge < -0.3 is 15.2 Å². The maximum Gasteiger partial charge on any atom is 0.271 e. The Morgan fingerprint density at radius 3 is 3.14 bits per heavy atom. The molecule has 2 N–H and O–H groups in total. The summed E-state index contributed by atoms with van der Waals surface area (Å²) in [5, 5.41) is 3.23. The molecule has 0 spiro atoms. The van der Waals surface area contributed by atoms with E-state index in [0.29, 0.717) is 11.7 Å². The highest BCUT2D eigenvalue weighted by atomic mass is 16.2. The number of carbonyl (C=O) groups is 1. The molecule has 14 heavy (non-hydrogen) atoms. The first-order valence-electron chi connectivity index (χ1n) is 4.75. The minimum atomic E-state index is 0.0104. The molecular weight excluding hydrogens is 180 g/mol. The van der Waals surface area contributed by atoms with Crippen molar-refractivity contribution in [3.05, 3.63) is 18.2 Å². The lowest BCUT2D eigenvalue weighted by atomic mass is 10.2. The van der Waals surface area contributed by atoms with Crippen molar-refractivity contribution in [2.75, 3.05) is 20.1 Å². The average molecular weight is 194 g/mol. The van der Waals surface area contributed by atoms with Gasteiger partial charge in [0.15, 0.2) is 0 Å². The fourth-order valence-corrected chi connectivity index (χ4v) is 1.70. The van der Waals surface area contributed by atoms with Gasteiger partial charge in [0.25, 0.3) is 5.91 Å². The van der Waals surface area contributed by atoms with Crippen molar-refractivity contribution in [3.63, 3.8) is 0 Å². The van der Waals surface area contributed by atoms with E-state index in [1.54, 1.807) is 11.1 Å². The highest BCUT2D eigenvalue weighted by Crippen LogP contribution is 2.09. The summed E-state index contributed by atoms with van der Waals surface area (Å²) >= 11 is 0. The number of hydrogen-bond donors (Lipinski definition) is 2. The van der Waals surface area contributed by atoms with E-state index in [4.69, 9.17) is 0 Å². The summed E-state index contributed by atoms with van der Waals surface area (Å²) in [5.41, 5.74) is 0.555. The molecule has 0 radical (unpaired) electrons. The molecule has 0 saturated carbocycles. The molecule has 1 fully saturated rings. The highest BCUT2D eigenvalue weighted by Gasteiger charge is 2.24. The normalized spacial score (nSPS) is 21.1. The third-order valence-corrected chi connectivity index (χ3v) is 2.63. The molecule has 1 saturated heterocycles. The molecule has 1 aliphatic heterocycles. The van der Waals surface area contributed by atoms with E-state index in [1.807, 2.05) is 7.05 Å². The van der Waals surface area contributed by atoms with Gasteiger partial charge in [-0.15, -0.1) is 0 Å². The van der Waals surface area contributed by atoms with Crippen LogP contribution in [-0.4, -0.2) is 47.0 Å². The van der Waals surface area contributed by atoms with Crippen LogP contribution in [0.25, 0.3) is 0 Å². The summed E-state index contributed by atoms with van der Waals surface area (Å²) in [7, 11) is 1.83. The Hall–Kier alpha value is -1.36. The Labute approximate surface area is 82.5 Å². The van der Waals surface area contributed by atoms with Gasteiger partial charge >= 0.3 is 0 Å². The van der Waals surface area contributed by atoms with Crippen molar-refractivity contribution in [2.45, 2.75) is 12.5 Å². The number of imidazole rings is 1. The SMILES string of the molecule is CN(C(=O)c1cnc[nH]1)C1CCNC1. The van der Waals surface area contributed by atoms with Crippen molar-refractivity contribution < 1.29 is 4.79 Å². The molecule has 1 amide bonds. The number of nitrogens with zero attached hydrogens (tertiary/aromatic N) is 2. The lowest BCUT2D eigenvalue weighted by molar-refractivity contribution is 0.0738. The molecule has 0 bridgehead atoms. The molecule has 5 heteroatoms.